The van der Waals surface area contributed by atoms with E-state index < -0.39 is 0 Å². The quantitative estimate of drug-likeness (QED) is 0.740. The number of aromatic amines is 1. The molecule has 1 heterocycles. The maximum atomic E-state index is 11.8. The largest absolute Gasteiger partial charge is 0.382 e. The van der Waals surface area contributed by atoms with Crippen LogP contribution in [0, 0.1) is 0 Å². The number of aromatic nitrogens is 2. The van der Waals surface area contributed by atoms with Crippen LogP contribution in [0.25, 0.3) is 0 Å². The van der Waals surface area contributed by atoms with Crippen molar-refractivity contribution in [2.24, 2.45) is 0 Å². The van der Waals surface area contributed by atoms with Crippen LogP contribution in [0.1, 0.15) is 16.9 Å². The summed E-state index contributed by atoms with van der Waals surface area (Å²) in [5.74, 6) is 0.257. The Bertz CT molecular complexity index is 347. The van der Waals surface area contributed by atoms with Gasteiger partial charge in [-0.15, -0.1) is 0 Å². The monoisotopic (exact) mass is 225 g/mol. The van der Waals surface area contributed by atoms with Crippen LogP contribution in [0.15, 0.2) is 6.07 Å². The predicted molar refractivity (Wildman–Crippen MR) is 63.1 cm³/mol. The second-order valence-electron chi connectivity index (χ2n) is 4.09. The molecule has 1 aromatic heterocycles. The van der Waals surface area contributed by atoms with Crippen LogP contribution in [-0.4, -0.2) is 60.1 Å². The van der Waals surface area contributed by atoms with E-state index >= 15 is 0 Å². The summed E-state index contributed by atoms with van der Waals surface area (Å²) in [6.45, 7) is 1.68. The van der Waals surface area contributed by atoms with E-state index in [4.69, 9.17) is 5.73 Å². The summed E-state index contributed by atoms with van der Waals surface area (Å²) >= 11 is 0. The Morgan fingerprint density at radius 1 is 1.44 bits per heavy atom. The van der Waals surface area contributed by atoms with E-state index in [-0.39, 0.29) is 5.91 Å². The second-order valence-corrected chi connectivity index (χ2v) is 4.09. The van der Waals surface area contributed by atoms with Crippen molar-refractivity contribution >= 4 is 11.7 Å². The lowest BCUT2D eigenvalue weighted by molar-refractivity contribution is 0.0785. The van der Waals surface area contributed by atoms with Crippen molar-refractivity contribution in [3.63, 3.8) is 0 Å². The maximum Gasteiger partial charge on any atom is 0.271 e. The number of carbonyl (C=O) groups is 1. The summed E-state index contributed by atoms with van der Waals surface area (Å²) < 4.78 is 0. The summed E-state index contributed by atoms with van der Waals surface area (Å²) in [6, 6.07) is 1.55. The van der Waals surface area contributed by atoms with Crippen LogP contribution < -0.4 is 5.73 Å². The van der Waals surface area contributed by atoms with Gasteiger partial charge in [0, 0.05) is 19.7 Å². The van der Waals surface area contributed by atoms with E-state index in [0.717, 1.165) is 19.5 Å². The van der Waals surface area contributed by atoms with Crippen LogP contribution in [0.5, 0.6) is 0 Å². The number of H-pyrrole nitrogens is 1. The molecule has 1 rings (SSSR count). The fraction of sp³-hybridized carbons (Fsp3) is 0.600. The Kier molecular flexibility index (Phi) is 4.30. The van der Waals surface area contributed by atoms with Gasteiger partial charge in [0.1, 0.15) is 11.5 Å². The number of nitrogens with one attached hydrogen (secondary N) is 1. The summed E-state index contributed by atoms with van der Waals surface area (Å²) in [5.41, 5.74) is 5.87. The molecule has 0 aliphatic carbocycles. The molecule has 6 nitrogen and oxygen atoms in total. The molecule has 0 saturated carbocycles. The molecule has 0 atom stereocenters. The van der Waals surface area contributed by atoms with Gasteiger partial charge in [-0.25, -0.2) is 0 Å². The first-order valence-corrected chi connectivity index (χ1v) is 5.22. The van der Waals surface area contributed by atoms with Gasteiger partial charge in [-0.2, -0.15) is 5.10 Å². The third kappa shape index (κ3) is 3.54. The van der Waals surface area contributed by atoms with Crippen LogP contribution in [0.3, 0.4) is 0 Å². The number of nitrogens with two attached hydrogens (primary N) is 1. The molecule has 0 unspecified atom stereocenters. The third-order valence-electron chi connectivity index (χ3n) is 2.27. The molecule has 6 heteroatoms. The Balaban J connectivity index is 2.42. The van der Waals surface area contributed by atoms with Crippen LogP contribution in [0.4, 0.5) is 5.82 Å². The minimum atomic E-state index is -0.0806. The SMILES string of the molecule is CN(C)CCCN(C)C(=O)c1cc(N)n[nH]1. The van der Waals surface area contributed by atoms with Crippen molar-refractivity contribution in [2.75, 3.05) is 40.0 Å². The first-order chi connectivity index (χ1) is 7.50. The van der Waals surface area contributed by atoms with Gasteiger partial charge in [-0.3, -0.25) is 9.89 Å². The fourth-order valence-corrected chi connectivity index (χ4v) is 1.38. The molecule has 3 N–H and O–H groups in total. The molecule has 0 aromatic carbocycles. The van der Waals surface area contributed by atoms with E-state index in [1.165, 1.54) is 0 Å². The fourth-order valence-electron chi connectivity index (χ4n) is 1.38. The van der Waals surface area contributed by atoms with Gasteiger partial charge in [-0.05, 0) is 27.1 Å². The molecule has 16 heavy (non-hydrogen) atoms. The highest BCUT2D eigenvalue weighted by atomic mass is 16.2. The lowest BCUT2D eigenvalue weighted by Gasteiger charge is -2.17. The molecule has 1 aromatic rings. The number of anilines is 1. The number of rotatable bonds is 5. The van der Waals surface area contributed by atoms with Gasteiger partial charge >= 0.3 is 0 Å². The third-order valence-corrected chi connectivity index (χ3v) is 2.27. The molecular formula is C10H19N5O. The standard InChI is InChI=1S/C10H19N5O/c1-14(2)5-4-6-15(3)10(16)8-7-9(11)13-12-8/h7H,4-6H2,1-3H3,(H3,11,12,13). The van der Waals surface area contributed by atoms with Crippen molar-refractivity contribution in [1.29, 1.82) is 0 Å². The highest BCUT2D eigenvalue weighted by Crippen LogP contribution is 2.04. The van der Waals surface area contributed by atoms with Gasteiger partial charge in [-0.1, -0.05) is 0 Å². The van der Waals surface area contributed by atoms with Crippen molar-refractivity contribution in [1.82, 2.24) is 20.0 Å². The van der Waals surface area contributed by atoms with Crippen molar-refractivity contribution in [2.45, 2.75) is 6.42 Å². The van der Waals surface area contributed by atoms with E-state index in [9.17, 15) is 4.79 Å². The van der Waals surface area contributed by atoms with Gasteiger partial charge in [0.2, 0.25) is 0 Å². The second kappa shape index (κ2) is 5.50. The zero-order valence-electron chi connectivity index (χ0n) is 10.0. The van der Waals surface area contributed by atoms with E-state index in [0.29, 0.717) is 11.5 Å². The van der Waals surface area contributed by atoms with E-state index in [1.807, 2.05) is 14.1 Å². The highest BCUT2D eigenvalue weighted by Gasteiger charge is 2.13. The van der Waals surface area contributed by atoms with Gasteiger partial charge in [0.25, 0.3) is 5.91 Å². The number of hydrogen-bond donors (Lipinski definition) is 2. The normalized spacial score (nSPS) is 10.8. The first-order valence-electron chi connectivity index (χ1n) is 5.22. The number of carbonyl (C=O) groups excluding carboxylic acids is 1. The number of amides is 1. The minimum absolute atomic E-state index is 0.0806. The molecule has 90 valence electrons. The maximum absolute atomic E-state index is 11.8. The summed E-state index contributed by atoms with van der Waals surface area (Å²) in [4.78, 5) is 15.6. The summed E-state index contributed by atoms with van der Waals surface area (Å²) in [7, 11) is 5.80. The minimum Gasteiger partial charge on any atom is -0.382 e. The topological polar surface area (TPSA) is 78.2 Å². The molecule has 0 radical (unpaired) electrons. The Morgan fingerprint density at radius 3 is 2.62 bits per heavy atom. The average molecular weight is 225 g/mol. The molecule has 1 amide bonds. The van der Waals surface area contributed by atoms with Crippen molar-refractivity contribution in [3.05, 3.63) is 11.8 Å². The first kappa shape index (κ1) is 12.5. The molecule has 0 aliphatic rings. The average Bonchev–Trinajstić information content (AvgIpc) is 2.63. The van der Waals surface area contributed by atoms with Crippen LogP contribution in [0.2, 0.25) is 0 Å². The number of nitrogen functional groups attached to an aromatic ring is 1. The predicted octanol–water partition coefficient (Wildman–Crippen LogP) is 0.0156. The van der Waals surface area contributed by atoms with Gasteiger partial charge < -0.3 is 15.5 Å². The number of nitrogens with zero attached hydrogens (tertiary/aromatic N) is 3. The summed E-state index contributed by atoms with van der Waals surface area (Å²) in [5, 5.41) is 6.33. The summed E-state index contributed by atoms with van der Waals surface area (Å²) in [6.07, 6.45) is 0.943. The lowest BCUT2D eigenvalue weighted by atomic mass is 10.3. The van der Waals surface area contributed by atoms with Gasteiger partial charge in [0.05, 0.1) is 0 Å². The van der Waals surface area contributed by atoms with Gasteiger partial charge in [0.15, 0.2) is 0 Å². The van der Waals surface area contributed by atoms with Crippen LogP contribution >= 0.6 is 0 Å². The Hall–Kier alpha value is -1.56. The number of hydrogen-bond acceptors (Lipinski definition) is 4. The van der Waals surface area contributed by atoms with Crippen LogP contribution in [-0.2, 0) is 0 Å². The highest BCUT2D eigenvalue weighted by molar-refractivity contribution is 5.92. The Labute approximate surface area is 95.4 Å². The smallest absolute Gasteiger partial charge is 0.271 e. The molecule has 0 bridgehead atoms. The zero-order valence-corrected chi connectivity index (χ0v) is 10.0. The molecule has 0 saturated heterocycles. The van der Waals surface area contributed by atoms with Crippen molar-refractivity contribution < 1.29 is 4.79 Å². The zero-order chi connectivity index (χ0) is 12.1. The molecule has 0 spiro atoms. The van der Waals surface area contributed by atoms with Crippen molar-refractivity contribution in [3.8, 4) is 0 Å². The van der Waals surface area contributed by atoms with E-state index in [2.05, 4.69) is 15.1 Å². The molecule has 0 aliphatic heterocycles. The van der Waals surface area contributed by atoms with E-state index in [1.54, 1.807) is 18.0 Å². The lowest BCUT2D eigenvalue weighted by Crippen LogP contribution is -2.30. The molecular weight excluding hydrogens is 206 g/mol. The molecule has 0 fully saturated rings. The Morgan fingerprint density at radius 2 is 2.12 bits per heavy atom.